The van der Waals surface area contributed by atoms with E-state index in [1.807, 2.05) is 6.92 Å². The van der Waals surface area contributed by atoms with E-state index in [1.165, 1.54) is 18.2 Å². The number of esters is 1. The maximum Gasteiger partial charge on any atom is 0.338 e. The Bertz CT molecular complexity index is 1350. The highest BCUT2D eigenvalue weighted by molar-refractivity contribution is 7.92. The first-order chi connectivity index (χ1) is 16.5. The average molecular weight is 515 g/mol. The highest BCUT2D eigenvalue weighted by atomic mass is 35.5. The second-order valence-electron chi connectivity index (χ2n) is 8.05. The summed E-state index contributed by atoms with van der Waals surface area (Å²) in [5.74, 6) is -1.08. The molecule has 9 heteroatoms. The number of aryl methyl sites for hydroxylation is 3. The molecule has 3 aromatic carbocycles. The third-order valence-corrected chi connectivity index (χ3v) is 7.36. The number of carbonyl (C=O) groups excluding carboxylic acids is 2. The smallest absolute Gasteiger partial charge is 0.338 e. The van der Waals surface area contributed by atoms with Crippen LogP contribution in [-0.2, 0) is 19.6 Å². The van der Waals surface area contributed by atoms with Gasteiger partial charge in [0, 0.05) is 10.7 Å². The van der Waals surface area contributed by atoms with Gasteiger partial charge < -0.3 is 10.1 Å². The van der Waals surface area contributed by atoms with Crippen LogP contribution in [-0.4, -0.2) is 33.4 Å². The average Bonchev–Trinajstić information content (AvgIpc) is 2.80. The standard InChI is InChI=1S/C26H27ClN2O5S/c1-5-34-26(31)20-9-8-18(3)23(15-20)28-25(30)16-29(24-13-10-21(27)14-19(24)4)35(32,33)22-11-6-17(2)7-12-22/h6-15H,5,16H2,1-4H3,(H,28,30). The predicted octanol–water partition coefficient (Wildman–Crippen LogP) is 5.28. The Kier molecular flexibility index (Phi) is 8.19. The second kappa shape index (κ2) is 10.9. The summed E-state index contributed by atoms with van der Waals surface area (Å²) in [6.07, 6.45) is 0. The monoisotopic (exact) mass is 514 g/mol. The summed E-state index contributed by atoms with van der Waals surface area (Å²) in [6, 6.07) is 16.0. The number of sulfonamides is 1. The maximum atomic E-state index is 13.6. The van der Waals surface area contributed by atoms with Gasteiger partial charge in [-0.3, -0.25) is 9.10 Å². The van der Waals surface area contributed by atoms with Gasteiger partial charge in [-0.15, -0.1) is 0 Å². The number of benzene rings is 3. The Morgan fingerprint density at radius 2 is 1.63 bits per heavy atom. The molecule has 0 bridgehead atoms. The predicted molar refractivity (Wildman–Crippen MR) is 138 cm³/mol. The minimum absolute atomic E-state index is 0.0609. The first-order valence-electron chi connectivity index (χ1n) is 11.0. The van der Waals surface area contributed by atoms with Gasteiger partial charge >= 0.3 is 5.97 Å². The van der Waals surface area contributed by atoms with Crippen molar-refractivity contribution in [2.45, 2.75) is 32.6 Å². The van der Waals surface area contributed by atoms with Crippen molar-refractivity contribution in [3.05, 3.63) is 87.9 Å². The van der Waals surface area contributed by atoms with E-state index in [9.17, 15) is 18.0 Å². The molecule has 0 fully saturated rings. The summed E-state index contributed by atoms with van der Waals surface area (Å²) >= 11 is 6.08. The van der Waals surface area contributed by atoms with E-state index < -0.39 is 28.4 Å². The number of anilines is 2. The topological polar surface area (TPSA) is 92.8 Å². The molecule has 1 N–H and O–H groups in total. The fraction of sp³-hybridized carbons (Fsp3) is 0.231. The maximum absolute atomic E-state index is 13.6. The lowest BCUT2D eigenvalue weighted by Gasteiger charge is -2.26. The molecule has 7 nitrogen and oxygen atoms in total. The van der Waals surface area contributed by atoms with Crippen LogP contribution >= 0.6 is 11.6 Å². The lowest BCUT2D eigenvalue weighted by molar-refractivity contribution is -0.114. The SMILES string of the molecule is CCOC(=O)c1ccc(C)c(NC(=O)CN(c2ccc(Cl)cc2C)S(=O)(=O)c2ccc(C)cc2)c1. The number of carbonyl (C=O) groups is 2. The third-order valence-electron chi connectivity index (χ3n) is 5.35. The van der Waals surface area contributed by atoms with Crippen LogP contribution in [0.3, 0.4) is 0 Å². The Morgan fingerprint density at radius 1 is 0.943 bits per heavy atom. The summed E-state index contributed by atoms with van der Waals surface area (Å²) in [5.41, 5.74) is 3.23. The van der Waals surface area contributed by atoms with Crippen molar-refractivity contribution in [2.75, 3.05) is 22.8 Å². The second-order valence-corrected chi connectivity index (χ2v) is 10.4. The quantitative estimate of drug-likeness (QED) is 0.413. The number of ether oxygens (including phenoxy) is 1. The van der Waals surface area contributed by atoms with Gasteiger partial charge in [-0.25, -0.2) is 13.2 Å². The zero-order valence-corrected chi connectivity index (χ0v) is 21.5. The van der Waals surface area contributed by atoms with E-state index in [4.69, 9.17) is 16.3 Å². The molecule has 3 rings (SSSR count). The van der Waals surface area contributed by atoms with Crippen LogP contribution in [0.2, 0.25) is 5.02 Å². The zero-order chi connectivity index (χ0) is 25.8. The van der Waals surface area contributed by atoms with Crippen LogP contribution in [0.15, 0.2) is 65.6 Å². The molecule has 0 unspecified atom stereocenters. The van der Waals surface area contributed by atoms with Gasteiger partial charge in [-0.05, 0) is 81.3 Å². The van der Waals surface area contributed by atoms with Crippen molar-refractivity contribution in [1.29, 1.82) is 0 Å². The van der Waals surface area contributed by atoms with E-state index in [-0.39, 0.29) is 17.1 Å². The van der Waals surface area contributed by atoms with E-state index in [0.29, 0.717) is 27.5 Å². The molecule has 0 atom stereocenters. The number of hydrogen-bond donors (Lipinski definition) is 1. The van der Waals surface area contributed by atoms with Crippen LogP contribution in [0.5, 0.6) is 0 Å². The molecular weight excluding hydrogens is 488 g/mol. The molecule has 0 aliphatic carbocycles. The van der Waals surface area contributed by atoms with E-state index in [0.717, 1.165) is 9.87 Å². The number of nitrogens with one attached hydrogen (secondary N) is 1. The fourth-order valence-electron chi connectivity index (χ4n) is 3.45. The van der Waals surface area contributed by atoms with Crippen LogP contribution in [0.4, 0.5) is 11.4 Å². The number of hydrogen-bond acceptors (Lipinski definition) is 5. The molecule has 0 saturated carbocycles. The van der Waals surface area contributed by atoms with E-state index in [1.54, 1.807) is 63.2 Å². The first kappa shape index (κ1) is 26.2. The van der Waals surface area contributed by atoms with Crippen molar-refractivity contribution in [3.8, 4) is 0 Å². The summed E-state index contributed by atoms with van der Waals surface area (Å²) in [4.78, 5) is 25.3. The molecule has 184 valence electrons. The molecule has 35 heavy (non-hydrogen) atoms. The lowest BCUT2D eigenvalue weighted by Crippen LogP contribution is -2.38. The normalized spacial score (nSPS) is 11.1. The van der Waals surface area contributed by atoms with Crippen molar-refractivity contribution >= 4 is 44.9 Å². The Balaban J connectivity index is 1.97. The Morgan fingerprint density at radius 3 is 2.26 bits per heavy atom. The minimum atomic E-state index is -4.08. The number of nitrogens with zero attached hydrogens (tertiary/aromatic N) is 1. The summed E-state index contributed by atoms with van der Waals surface area (Å²) in [6.45, 7) is 6.80. The van der Waals surface area contributed by atoms with Gasteiger partial charge in [-0.1, -0.05) is 35.4 Å². The largest absolute Gasteiger partial charge is 0.462 e. The number of rotatable bonds is 8. The fourth-order valence-corrected chi connectivity index (χ4v) is 5.17. The first-order valence-corrected chi connectivity index (χ1v) is 12.8. The van der Waals surface area contributed by atoms with Gasteiger partial charge in [0.2, 0.25) is 5.91 Å². The molecule has 0 aliphatic heterocycles. The van der Waals surface area contributed by atoms with Gasteiger partial charge in [0.05, 0.1) is 22.8 Å². The highest BCUT2D eigenvalue weighted by Gasteiger charge is 2.28. The summed E-state index contributed by atoms with van der Waals surface area (Å²) in [7, 11) is -4.08. The number of amides is 1. The molecule has 0 saturated heterocycles. The molecule has 0 radical (unpaired) electrons. The van der Waals surface area contributed by atoms with Crippen molar-refractivity contribution in [2.24, 2.45) is 0 Å². The Hall–Kier alpha value is -3.36. The third kappa shape index (κ3) is 6.21. The lowest BCUT2D eigenvalue weighted by atomic mass is 10.1. The van der Waals surface area contributed by atoms with Crippen LogP contribution < -0.4 is 9.62 Å². The molecular formula is C26H27ClN2O5S. The summed E-state index contributed by atoms with van der Waals surface area (Å²) in [5, 5.41) is 3.19. The molecule has 0 spiro atoms. The van der Waals surface area contributed by atoms with Crippen molar-refractivity contribution < 1.29 is 22.7 Å². The number of halogens is 1. The van der Waals surface area contributed by atoms with Gasteiger partial charge in [0.25, 0.3) is 10.0 Å². The molecule has 0 aromatic heterocycles. The summed E-state index contributed by atoms with van der Waals surface area (Å²) < 4.78 is 33.3. The van der Waals surface area contributed by atoms with E-state index >= 15 is 0 Å². The van der Waals surface area contributed by atoms with Crippen LogP contribution in [0.25, 0.3) is 0 Å². The molecule has 0 heterocycles. The Labute approximate surface area is 210 Å². The van der Waals surface area contributed by atoms with Crippen molar-refractivity contribution in [3.63, 3.8) is 0 Å². The van der Waals surface area contributed by atoms with Crippen LogP contribution in [0, 0.1) is 20.8 Å². The van der Waals surface area contributed by atoms with Gasteiger partial charge in [-0.2, -0.15) is 0 Å². The van der Waals surface area contributed by atoms with Gasteiger partial charge in [0.15, 0.2) is 0 Å². The minimum Gasteiger partial charge on any atom is -0.462 e. The van der Waals surface area contributed by atoms with Crippen LogP contribution in [0.1, 0.15) is 34.0 Å². The van der Waals surface area contributed by atoms with E-state index in [2.05, 4.69) is 5.32 Å². The van der Waals surface area contributed by atoms with Gasteiger partial charge in [0.1, 0.15) is 6.54 Å². The molecule has 0 aliphatic rings. The molecule has 3 aromatic rings. The zero-order valence-electron chi connectivity index (χ0n) is 20.0. The molecule has 1 amide bonds. The highest BCUT2D eigenvalue weighted by Crippen LogP contribution is 2.29. The van der Waals surface area contributed by atoms with Crippen molar-refractivity contribution in [1.82, 2.24) is 0 Å².